The molecule has 1 amide bonds. The molecule has 0 saturated carbocycles. The molecular formula is C11H11N3O3. The molecule has 0 fully saturated rings. The van der Waals surface area contributed by atoms with Crippen molar-refractivity contribution in [1.82, 2.24) is 9.72 Å². The minimum absolute atomic E-state index is 0.354. The zero-order valence-electron chi connectivity index (χ0n) is 9.21. The molecule has 0 unspecified atom stereocenters. The Kier molecular flexibility index (Phi) is 2.78. The highest BCUT2D eigenvalue weighted by atomic mass is 16.5. The normalized spacial score (nSPS) is 10.4. The SMILES string of the molecule is Cc1noc(=O)n1Cc1ccc(C(N)=O)cc1. The lowest BCUT2D eigenvalue weighted by Gasteiger charge is -2.02. The number of benzene rings is 1. The zero-order valence-corrected chi connectivity index (χ0v) is 9.21. The van der Waals surface area contributed by atoms with Gasteiger partial charge in [0.25, 0.3) is 0 Å². The molecule has 0 saturated heterocycles. The molecule has 0 radical (unpaired) electrons. The van der Waals surface area contributed by atoms with Gasteiger partial charge in [-0.25, -0.2) is 4.79 Å². The Hall–Kier alpha value is -2.37. The molecule has 2 aromatic rings. The summed E-state index contributed by atoms with van der Waals surface area (Å²) in [5, 5.41) is 3.56. The maximum atomic E-state index is 11.3. The maximum Gasteiger partial charge on any atom is 0.441 e. The van der Waals surface area contributed by atoms with E-state index >= 15 is 0 Å². The van der Waals surface area contributed by atoms with Gasteiger partial charge in [0.1, 0.15) is 0 Å². The molecule has 2 rings (SSSR count). The molecule has 0 aliphatic carbocycles. The van der Waals surface area contributed by atoms with Crippen molar-refractivity contribution in [2.45, 2.75) is 13.5 Å². The zero-order chi connectivity index (χ0) is 12.4. The summed E-state index contributed by atoms with van der Waals surface area (Å²) < 4.78 is 5.91. The maximum absolute atomic E-state index is 11.3. The van der Waals surface area contributed by atoms with E-state index in [0.29, 0.717) is 17.9 Å². The smallest absolute Gasteiger partial charge is 0.366 e. The number of hydrogen-bond donors (Lipinski definition) is 1. The topological polar surface area (TPSA) is 91.1 Å². The molecule has 6 heteroatoms. The number of aryl methyl sites for hydroxylation is 1. The number of primary amides is 1. The summed E-state index contributed by atoms with van der Waals surface area (Å²) in [5.41, 5.74) is 6.43. The molecule has 0 bridgehead atoms. The Bertz CT molecular complexity index is 595. The van der Waals surface area contributed by atoms with Crippen molar-refractivity contribution in [3.63, 3.8) is 0 Å². The van der Waals surface area contributed by atoms with Crippen molar-refractivity contribution in [1.29, 1.82) is 0 Å². The van der Waals surface area contributed by atoms with Gasteiger partial charge in [0, 0.05) is 5.56 Å². The van der Waals surface area contributed by atoms with Crippen molar-refractivity contribution in [2.24, 2.45) is 5.73 Å². The van der Waals surface area contributed by atoms with E-state index in [2.05, 4.69) is 9.68 Å². The first-order valence-electron chi connectivity index (χ1n) is 5.00. The predicted molar refractivity (Wildman–Crippen MR) is 59.6 cm³/mol. The summed E-state index contributed by atoms with van der Waals surface area (Å²) in [6.45, 7) is 2.04. The second-order valence-electron chi connectivity index (χ2n) is 3.64. The van der Waals surface area contributed by atoms with Gasteiger partial charge in [-0.05, 0) is 24.6 Å². The lowest BCUT2D eigenvalue weighted by molar-refractivity contribution is 0.100. The van der Waals surface area contributed by atoms with E-state index in [1.54, 1.807) is 31.2 Å². The molecule has 1 heterocycles. The quantitative estimate of drug-likeness (QED) is 0.824. The van der Waals surface area contributed by atoms with Gasteiger partial charge in [0.2, 0.25) is 5.91 Å². The van der Waals surface area contributed by atoms with Crippen molar-refractivity contribution < 1.29 is 9.32 Å². The fraction of sp³-hybridized carbons (Fsp3) is 0.182. The number of carbonyl (C=O) groups excluding carboxylic acids is 1. The van der Waals surface area contributed by atoms with Crippen molar-refractivity contribution in [3.05, 3.63) is 51.8 Å². The summed E-state index contributed by atoms with van der Waals surface area (Å²) in [6, 6.07) is 6.70. The fourth-order valence-corrected chi connectivity index (χ4v) is 1.47. The molecule has 0 atom stereocenters. The molecular weight excluding hydrogens is 222 g/mol. The first-order chi connectivity index (χ1) is 8.08. The van der Waals surface area contributed by atoms with Crippen LogP contribution in [0.3, 0.4) is 0 Å². The number of amides is 1. The summed E-state index contributed by atoms with van der Waals surface area (Å²) in [7, 11) is 0. The van der Waals surface area contributed by atoms with Gasteiger partial charge in [-0.3, -0.25) is 13.9 Å². The highest BCUT2D eigenvalue weighted by Crippen LogP contribution is 2.06. The van der Waals surface area contributed by atoms with Crippen LogP contribution in [0.5, 0.6) is 0 Å². The molecule has 0 spiro atoms. The summed E-state index contributed by atoms with van der Waals surface area (Å²) >= 11 is 0. The Labute approximate surface area is 96.6 Å². The van der Waals surface area contributed by atoms with Crippen LogP contribution in [0.2, 0.25) is 0 Å². The largest absolute Gasteiger partial charge is 0.441 e. The second kappa shape index (κ2) is 4.25. The Morgan fingerprint density at radius 1 is 1.41 bits per heavy atom. The minimum atomic E-state index is -0.499. The van der Waals surface area contributed by atoms with E-state index in [4.69, 9.17) is 5.73 Å². The summed E-state index contributed by atoms with van der Waals surface area (Å²) in [6.07, 6.45) is 0. The highest BCUT2D eigenvalue weighted by molar-refractivity contribution is 5.92. The number of nitrogens with zero attached hydrogens (tertiary/aromatic N) is 2. The molecule has 88 valence electrons. The third-order valence-corrected chi connectivity index (χ3v) is 2.45. The van der Waals surface area contributed by atoms with E-state index in [9.17, 15) is 9.59 Å². The Balaban J connectivity index is 2.25. The van der Waals surface area contributed by atoms with E-state index in [1.165, 1.54) is 4.57 Å². The van der Waals surface area contributed by atoms with Gasteiger partial charge in [-0.2, -0.15) is 0 Å². The number of carbonyl (C=O) groups is 1. The molecule has 2 N–H and O–H groups in total. The molecule has 1 aromatic carbocycles. The van der Waals surface area contributed by atoms with Crippen molar-refractivity contribution >= 4 is 5.91 Å². The highest BCUT2D eigenvalue weighted by Gasteiger charge is 2.07. The van der Waals surface area contributed by atoms with E-state index in [-0.39, 0.29) is 0 Å². The van der Waals surface area contributed by atoms with E-state index in [0.717, 1.165) is 5.56 Å². The first kappa shape index (κ1) is 11.1. The molecule has 0 aliphatic rings. The minimum Gasteiger partial charge on any atom is -0.366 e. The van der Waals surface area contributed by atoms with Gasteiger partial charge in [0.05, 0.1) is 6.54 Å². The molecule has 1 aromatic heterocycles. The molecule has 0 aliphatic heterocycles. The number of hydrogen-bond acceptors (Lipinski definition) is 4. The van der Waals surface area contributed by atoms with Crippen molar-refractivity contribution in [3.8, 4) is 0 Å². The van der Waals surface area contributed by atoms with Crippen LogP contribution in [-0.2, 0) is 6.54 Å². The molecule has 17 heavy (non-hydrogen) atoms. The first-order valence-corrected chi connectivity index (χ1v) is 5.00. The van der Waals surface area contributed by atoms with Crippen molar-refractivity contribution in [2.75, 3.05) is 0 Å². The Morgan fingerprint density at radius 3 is 2.53 bits per heavy atom. The van der Waals surface area contributed by atoms with Crippen LogP contribution in [0.15, 0.2) is 33.6 Å². The number of aromatic nitrogens is 2. The number of rotatable bonds is 3. The van der Waals surface area contributed by atoms with Crippen LogP contribution in [0.25, 0.3) is 0 Å². The van der Waals surface area contributed by atoms with Crippen LogP contribution in [-0.4, -0.2) is 15.6 Å². The predicted octanol–water partition coefficient (Wildman–Crippen LogP) is 0.292. The third-order valence-electron chi connectivity index (χ3n) is 2.45. The van der Waals surface area contributed by atoms with E-state index < -0.39 is 11.7 Å². The van der Waals surface area contributed by atoms with Gasteiger partial charge in [-0.1, -0.05) is 17.3 Å². The van der Waals surface area contributed by atoms with Crippen LogP contribution in [0.4, 0.5) is 0 Å². The van der Waals surface area contributed by atoms with Crippen LogP contribution < -0.4 is 11.5 Å². The number of nitrogens with two attached hydrogens (primary N) is 1. The van der Waals surface area contributed by atoms with Gasteiger partial charge in [0.15, 0.2) is 5.82 Å². The standard InChI is InChI=1S/C11H11N3O3/c1-7-13-17-11(16)14(7)6-8-2-4-9(5-3-8)10(12)15/h2-5H,6H2,1H3,(H2,12,15). The van der Waals surface area contributed by atoms with Crippen LogP contribution in [0, 0.1) is 6.92 Å². The second-order valence-corrected chi connectivity index (χ2v) is 3.64. The summed E-state index contributed by atoms with van der Waals surface area (Å²) in [4.78, 5) is 22.2. The monoisotopic (exact) mass is 233 g/mol. The van der Waals surface area contributed by atoms with E-state index in [1.807, 2.05) is 0 Å². The van der Waals surface area contributed by atoms with Gasteiger partial charge in [-0.15, -0.1) is 0 Å². The third kappa shape index (κ3) is 2.25. The lowest BCUT2D eigenvalue weighted by Crippen LogP contribution is -2.16. The van der Waals surface area contributed by atoms with Gasteiger partial charge < -0.3 is 5.73 Å². The average molecular weight is 233 g/mol. The fourth-order valence-electron chi connectivity index (χ4n) is 1.47. The van der Waals surface area contributed by atoms with Crippen LogP contribution in [0.1, 0.15) is 21.7 Å². The average Bonchev–Trinajstić information content (AvgIpc) is 2.61. The lowest BCUT2D eigenvalue weighted by atomic mass is 10.1. The van der Waals surface area contributed by atoms with Gasteiger partial charge >= 0.3 is 5.76 Å². The Morgan fingerprint density at radius 2 is 2.06 bits per heavy atom. The molecule has 6 nitrogen and oxygen atoms in total. The summed E-state index contributed by atoms with van der Waals surface area (Å²) in [5.74, 6) is -0.467. The van der Waals surface area contributed by atoms with Crippen LogP contribution >= 0.6 is 0 Å².